The standard InChI is InChI=1S/Al.Ca.K.Si. The van der Waals surface area contributed by atoms with E-state index in [0.29, 0.717) is 0 Å². The van der Waals surface area contributed by atoms with Crippen LogP contribution in [0, 0.1) is 0 Å². The molecule has 0 aromatic carbocycles. The van der Waals surface area contributed by atoms with E-state index in [2.05, 4.69) is 0 Å². The van der Waals surface area contributed by atoms with E-state index in [-0.39, 0.29) is 117 Å². The predicted molar refractivity (Wildman–Crippen MR) is 23.0 cm³/mol. The average molecular weight is 134 g/mol. The minimum atomic E-state index is 0. The molecular formula is AlCaKSi. The minimum Gasteiger partial charge on any atom is 0 e. The van der Waals surface area contributed by atoms with Gasteiger partial charge in [0.25, 0.3) is 0 Å². The third-order valence-corrected chi connectivity index (χ3v) is 0. The van der Waals surface area contributed by atoms with E-state index in [0.717, 1.165) is 0 Å². The van der Waals surface area contributed by atoms with Gasteiger partial charge >= 0.3 is 0 Å². The van der Waals surface area contributed by atoms with Gasteiger partial charge in [0.1, 0.15) is 0 Å². The largest absolute Gasteiger partial charge is 0 e. The second-order valence-electron chi connectivity index (χ2n) is 0. The molecule has 0 spiro atoms. The molecule has 0 heterocycles. The fourth-order valence-electron chi connectivity index (χ4n) is 0. The molecule has 0 nitrogen and oxygen atoms in total. The van der Waals surface area contributed by atoms with Gasteiger partial charge in [-0.05, 0) is 0 Å². The zero-order chi connectivity index (χ0) is 0. The average Bonchev–Trinajstić information content (AvgIpc) is 0. The molecule has 0 aromatic heterocycles. The quantitative estimate of drug-likeness (QED) is 0.353. The Morgan fingerprint density at radius 2 is 1.00 bits per heavy atom. The third-order valence-electron chi connectivity index (χ3n) is 0. The molecule has 4 heavy (non-hydrogen) atoms. The first-order valence-corrected chi connectivity index (χ1v) is 0. The molecule has 4 heteroatoms. The van der Waals surface area contributed by atoms with Crippen LogP contribution in [0.15, 0.2) is 0 Å². The van der Waals surface area contributed by atoms with Gasteiger partial charge in [-0.3, -0.25) is 0 Å². The summed E-state index contributed by atoms with van der Waals surface area (Å²) in [7, 11) is 0. The molecule has 0 unspecified atom stereocenters. The van der Waals surface area contributed by atoms with Gasteiger partial charge in [0, 0.05) is 117 Å². The topological polar surface area (TPSA) is 0 Å². The van der Waals surface area contributed by atoms with Crippen LogP contribution in [-0.2, 0) is 0 Å². The maximum absolute atomic E-state index is 0. The molecule has 0 aliphatic rings. The fourth-order valence-corrected chi connectivity index (χ4v) is 0. The van der Waals surface area contributed by atoms with Crippen LogP contribution < -0.4 is 0 Å². The van der Waals surface area contributed by atoms with Crippen LogP contribution in [0.3, 0.4) is 0 Å². The molecule has 0 saturated heterocycles. The summed E-state index contributed by atoms with van der Waals surface area (Å²) in [6, 6.07) is 0. The van der Waals surface area contributed by atoms with E-state index in [4.69, 9.17) is 0 Å². The van der Waals surface area contributed by atoms with Crippen LogP contribution in [0.5, 0.6) is 0 Å². The fraction of sp³-hybridized carbons (Fsp3) is 0. The Kier molecular flexibility index (Phi) is 101. The summed E-state index contributed by atoms with van der Waals surface area (Å²) in [5, 5.41) is 0. The smallest absolute Gasteiger partial charge is 0 e. The summed E-state index contributed by atoms with van der Waals surface area (Å²) in [5.41, 5.74) is 0. The van der Waals surface area contributed by atoms with Crippen molar-refractivity contribution in [3.63, 3.8) is 0 Å². The Morgan fingerprint density at radius 3 is 1.00 bits per heavy atom. The molecule has 0 fully saturated rings. The normalized spacial score (nSPS) is 0. The molecular weight excluding hydrogens is 134 g/mol. The SMILES string of the molecule is [Al].[Ca].[K].[Si]. The minimum absolute atomic E-state index is 0. The second kappa shape index (κ2) is 15.9. The molecule has 0 saturated carbocycles. The van der Waals surface area contributed by atoms with Crippen molar-refractivity contribution in [2.24, 2.45) is 0 Å². The van der Waals surface area contributed by atoms with Crippen LogP contribution in [0.2, 0.25) is 0 Å². The predicted octanol–water partition coefficient (Wildman–Crippen LogP) is -1.52. The van der Waals surface area contributed by atoms with Gasteiger partial charge in [0.05, 0.1) is 0 Å². The third kappa shape index (κ3) is 9.17. The summed E-state index contributed by atoms with van der Waals surface area (Å²) in [5.74, 6) is 0. The van der Waals surface area contributed by atoms with Crippen LogP contribution in [0.4, 0.5) is 0 Å². The Labute approximate surface area is 114 Å². The van der Waals surface area contributed by atoms with Crippen molar-refractivity contribution in [3.05, 3.63) is 0 Å². The molecule has 0 aliphatic carbocycles. The van der Waals surface area contributed by atoms with Gasteiger partial charge in [-0.15, -0.1) is 0 Å². The Hall–Kier alpha value is 3.65. The molecule has 0 atom stereocenters. The van der Waals surface area contributed by atoms with E-state index < -0.39 is 0 Å². The summed E-state index contributed by atoms with van der Waals surface area (Å²) >= 11 is 0. The molecule has 10 radical (unpaired) electrons. The Bertz CT molecular complexity index is 8.00. The first kappa shape index (κ1) is 25.4. The van der Waals surface area contributed by atoms with E-state index >= 15 is 0 Å². The van der Waals surface area contributed by atoms with E-state index in [1.165, 1.54) is 0 Å². The second-order valence-corrected chi connectivity index (χ2v) is 0. The molecule has 0 N–H and O–H groups in total. The van der Waals surface area contributed by atoms with Crippen molar-refractivity contribution in [2.45, 2.75) is 0 Å². The van der Waals surface area contributed by atoms with Gasteiger partial charge in [-0.1, -0.05) is 0 Å². The zero-order valence-electron chi connectivity index (χ0n) is 2.78. The van der Waals surface area contributed by atoms with E-state index in [1.807, 2.05) is 0 Å². The monoisotopic (exact) mass is 134 g/mol. The number of rotatable bonds is 0. The van der Waals surface area contributed by atoms with Crippen LogP contribution in [0.25, 0.3) is 0 Å². The van der Waals surface area contributed by atoms with Gasteiger partial charge in [-0.25, -0.2) is 0 Å². The first-order chi connectivity index (χ1) is 0. The van der Waals surface area contributed by atoms with Crippen LogP contribution in [0.1, 0.15) is 0 Å². The van der Waals surface area contributed by atoms with Crippen LogP contribution >= 0.6 is 0 Å². The van der Waals surface area contributed by atoms with Gasteiger partial charge in [0.15, 0.2) is 0 Å². The van der Waals surface area contributed by atoms with Crippen molar-refractivity contribution in [2.75, 3.05) is 0 Å². The molecule has 10 valence electrons. The van der Waals surface area contributed by atoms with Gasteiger partial charge < -0.3 is 0 Å². The molecule has 0 aromatic rings. The van der Waals surface area contributed by atoms with Crippen molar-refractivity contribution in [3.8, 4) is 0 Å². The Balaban J connectivity index is 0. The number of hydrogen-bond acceptors (Lipinski definition) is 0. The maximum Gasteiger partial charge on any atom is 0 e. The van der Waals surface area contributed by atoms with E-state index in [9.17, 15) is 0 Å². The summed E-state index contributed by atoms with van der Waals surface area (Å²) in [6.07, 6.45) is 0. The van der Waals surface area contributed by atoms with Crippen molar-refractivity contribution in [1.29, 1.82) is 0 Å². The Morgan fingerprint density at radius 1 is 1.00 bits per heavy atom. The molecule has 0 bridgehead atoms. The van der Waals surface area contributed by atoms with Crippen molar-refractivity contribution >= 4 is 117 Å². The van der Waals surface area contributed by atoms with E-state index in [1.54, 1.807) is 0 Å². The summed E-state index contributed by atoms with van der Waals surface area (Å²) in [6.45, 7) is 0. The van der Waals surface area contributed by atoms with Crippen molar-refractivity contribution in [1.82, 2.24) is 0 Å². The van der Waals surface area contributed by atoms with Gasteiger partial charge in [0.2, 0.25) is 0 Å². The summed E-state index contributed by atoms with van der Waals surface area (Å²) < 4.78 is 0. The number of hydrogen-bond donors (Lipinski definition) is 0. The summed E-state index contributed by atoms with van der Waals surface area (Å²) in [4.78, 5) is 0. The molecule has 0 amide bonds. The molecule has 0 rings (SSSR count). The van der Waals surface area contributed by atoms with Gasteiger partial charge in [-0.2, -0.15) is 0 Å². The zero-order valence-corrected chi connectivity index (χ0v) is 10.3. The maximum atomic E-state index is 0. The molecule has 0 aliphatic heterocycles. The first-order valence-electron chi connectivity index (χ1n) is 0. The van der Waals surface area contributed by atoms with Crippen molar-refractivity contribution < 1.29 is 0 Å². The van der Waals surface area contributed by atoms with Crippen LogP contribution in [-0.4, -0.2) is 117 Å².